The van der Waals surface area contributed by atoms with Crippen LogP contribution >= 0.6 is 0 Å². The molecule has 0 atom stereocenters. The number of rotatable bonds is 6. The molecule has 0 N–H and O–H groups in total. The predicted molar refractivity (Wildman–Crippen MR) is 47.8 cm³/mol. The van der Waals surface area contributed by atoms with Crippen LogP contribution < -0.4 is 0 Å². The highest BCUT2D eigenvalue weighted by atomic mass is 32.2. The van der Waals surface area contributed by atoms with Crippen molar-refractivity contribution in [1.82, 2.24) is 0 Å². The van der Waals surface area contributed by atoms with Crippen molar-refractivity contribution >= 4 is 9.84 Å². The summed E-state index contributed by atoms with van der Waals surface area (Å²) in [7, 11) is -2.95. The van der Waals surface area contributed by atoms with Crippen LogP contribution in [0.25, 0.3) is 0 Å². The molecule has 0 heterocycles. The summed E-state index contributed by atoms with van der Waals surface area (Å²) in [6.07, 6.45) is 4.04. The molecule has 0 aliphatic rings. The first-order chi connectivity index (χ1) is 5.12. The van der Waals surface area contributed by atoms with E-state index in [1.807, 2.05) is 6.92 Å². The van der Waals surface area contributed by atoms with Crippen LogP contribution in [0, 0.1) is 5.75 Å². The van der Waals surface area contributed by atoms with Gasteiger partial charge in [-0.15, -0.1) is 6.58 Å². The molecule has 0 bridgehead atoms. The summed E-state index contributed by atoms with van der Waals surface area (Å²) in [5.41, 5.74) is 0. The van der Waals surface area contributed by atoms with Gasteiger partial charge in [0.05, 0.1) is 11.5 Å². The van der Waals surface area contributed by atoms with Crippen LogP contribution in [0.5, 0.6) is 0 Å². The lowest BCUT2D eigenvalue weighted by Gasteiger charge is -1.98. The van der Waals surface area contributed by atoms with E-state index in [9.17, 15) is 8.42 Å². The van der Waals surface area contributed by atoms with Crippen LogP contribution in [-0.4, -0.2) is 14.2 Å². The minimum absolute atomic E-state index is 0.0662. The smallest absolute Gasteiger partial charge is 0.157 e. The molecule has 0 rings (SSSR count). The molecule has 0 saturated heterocycles. The van der Waals surface area contributed by atoms with Gasteiger partial charge in [0.25, 0.3) is 0 Å². The molecule has 65 valence electrons. The Morgan fingerprint density at radius 1 is 1.45 bits per heavy atom. The van der Waals surface area contributed by atoms with E-state index in [2.05, 4.69) is 6.58 Å². The van der Waals surface area contributed by atoms with E-state index in [1.54, 1.807) is 0 Å². The first-order valence-corrected chi connectivity index (χ1v) is 5.50. The molecule has 0 aliphatic carbocycles. The van der Waals surface area contributed by atoms with Gasteiger partial charge in [0.1, 0.15) is 0 Å². The lowest BCUT2D eigenvalue weighted by Crippen LogP contribution is -2.03. The Morgan fingerprint density at radius 2 is 2.09 bits per heavy atom. The predicted octanol–water partition coefficient (Wildman–Crippen LogP) is 1.94. The lowest BCUT2D eigenvalue weighted by molar-refractivity contribution is 0.601. The van der Waals surface area contributed by atoms with Gasteiger partial charge >= 0.3 is 0 Å². The summed E-state index contributed by atoms with van der Waals surface area (Å²) in [6.45, 7) is 5.41. The number of hydrogen-bond donors (Lipinski definition) is 0. The largest absolute Gasteiger partial charge is 0.228 e. The third kappa shape index (κ3) is 6.10. The standard InChI is InChI=1S/C8H15O2S/c1-3-5-6-8-11(9,10)7-4-2/h4,8H,2-3,5-7H2,1H3. The number of unbranched alkanes of at least 4 members (excludes halogenated alkanes) is 2. The maximum absolute atomic E-state index is 11.0. The molecular weight excluding hydrogens is 160 g/mol. The normalized spacial score (nSPS) is 11.4. The van der Waals surface area contributed by atoms with E-state index in [0.29, 0.717) is 6.42 Å². The monoisotopic (exact) mass is 175 g/mol. The topological polar surface area (TPSA) is 34.1 Å². The second-order valence-corrected chi connectivity index (χ2v) is 4.42. The second kappa shape index (κ2) is 5.35. The third-order valence-electron chi connectivity index (χ3n) is 1.28. The van der Waals surface area contributed by atoms with Crippen LogP contribution in [0.2, 0.25) is 0 Å². The van der Waals surface area contributed by atoms with E-state index < -0.39 is 9.84 Å². The molecule has 0 amide bonds. The zero-order valence-corrected chi connectivity index (χ0v) is 7.73. The van der Waals surface area contributed by atoms with Crippen molar-refractivity contribution in [3.63, 3.8) is 0 Å². The van der Waals surface area contributed by atoms with Gasteiger partial charge in [-0.25, -0.2) is 8.42 Å². The Hall–Kier alpha value is -0.310. The van der Waals surface area contributed by atoms with Gasteiger partial charge in [-0.3, -0.25) is 0 Å². The Bertz CT molecular complexity index is 192. The molecule has 3 heteroatoms. The minimum Gasteiger partial charge on any atom is -0.228 e. The zero-order chi connectivity index (χ0) is 8.74. The molecule has 0 fully saturated rings. The van der Waals surface area contributed by atoms with Crippen molar-refractivity contribution in [2.45, 2.75) is 26.2 Å². The van der Waals surface area contributed by atoms with Crippen LogP contribution in [0.4, 0.5) is 0 Å². The van der Waals surface area contributed by atoms with E-state index in [-0.39, 0.29) is 5.75 Å². The van der Waals surface area contributed by atoms with Gasteiger partial charge in [0.2, 0.25) is 0 Å². The molecule has 0 aromatic carbocycles. The van der Waals surface area contributed by atoms with Gasteiger partial charge in [0, 0.05) is 0 Å². The van der Waals surface area contributed by atoms with Crippen molar-refractivity contribution in [2.24, 2.45) is 0 Å². The van der Waals surface area contributed by atoms with Crippen LogP contribution in [-0.2, 0) is 9.84 Å². The van der Waals surface area contributed by atoms with E-state index in [1.165, 1.54) is 11.8 Å². The van der Waals surface area contributed by atoms with Gasteiger partial charge in [0.15, 0.2) is 9.84 Å². The summed E-state index contributed by atoms with van der Waals surface area (Å²) in [6, 6.07) is 0. The van der Waals surface area contributed by atoms with Gasteiger partial charge in [-0.2, -0.15) is 0 Å². The molecule has 0 spiro atoms. The Labute approximate surface area is 69.2 Å². The summed E-state index contributed by atoms with van der Waals surface area (Å²) >= 11 is 0. The van der Waals surface area contributed by atoms with E-state index in [4.69, 9.17) is 0 Å². The fourth-order valence-electron chi connectivity index (χ4n) is 0.699. The summed E-state index contributed by atoms with van der Waals surface area (Å²) in [5.74, 6) is 1.45. The fraction of sp³-hybridized carbons (Fsp3) is 0.625. The molecule has 0 saturated carbocycles. The van der Waals surface area contributed by atoms with Crippen LogP contribution in [0.3, 0.4) is 0 Å². The SMILES string of the molecule is C=CCS(=O)(=O)[CH]CCCC. The van der Waals surface area contributed by atoms with Crippen LogP contribution in [0.15, 0.2) is 12.7 Å². The lowest BCUT2D eigenvalue weighted by atomic mass is 10.3. The molecule has 0 aromatic heterocycles. The Morgan fingerprint density at radius 3 is 2.55 bits per heavy atom. The van der Waals surface area contributed by atoms with Crippen molar-refractivity contribution in [3.05, 3.63) is 18.4 Å². The minimum atomic E-state index is -2.95. The third-order valence-corrected chi connectivity index (χ3v) is 2.72. The highest BCUT2D eigenvalue weighted by Gasteiger charge is 2.06. The maximum atomic E-state index is 11.0. The molecule has 0 unspecified atom stereocenters. The molecule has 0 aromatic rings. The zero-order valence-electron chi connectivity index (χ0n) is 6.91. The first kappa shape index (κ1) is 10.7. The average Bonchev–Trinajstić information content (AvgIpc) is 1.87. The highest BCUT2D eigenvalue weighted by molar-refractivity contribution is 7.93. The molecule has 11 heavy (non-hydrogen) atoms. The van der Waals surface area contributed by atoms with Crippen molar-refractivity contribution in [3.8, 4) is 0 Å². The molecule has 0 aliphatic heterocycles. The van der Waals surface area contributed by atoms with Gasteiger partial charge in [-0.1, -0.05) is 25.8 Å². The van der Waals surface area contributed by atoms with Crippen molar-refractivity contribution in [2.75, 3.05) is 5.75 Å². The number of hydrogen-bond acceptors (Lipinski definition) is 2. The molecule has 2 nitrogen and oxygen atoms in total. The molecular formula is C8H15O2S. The first-order valence-electron chi connectivity index (χ1n) is 3.79. The number of sulfone groups is 1. The summed E-state index contributed by atoms with van der Waals surface area (Å²) in [5, 5.41) is 0. The summed E-state index contributed by atoms with van der Waals surface area (Å²) in [4.78, 5) is 0. The van der Waals surface area contributed by atoms with E-state index in [0.717, 1.165) is 12.8 Å². The quantitative estimate of drug-likeness (QED) is 0.456. The van der Waals surface area contributed by atoms with Crippen molar-refractivity contribution < 1.29 is 8.42 Å². The fourth-order valence-corrected chi connectivity index (χ4v) is 1.69. The highest BCUT2D eigenvalue weighted by Crippen LogP contribution is 2.05. The van der Waals surface area contributed by atoms with Crippen molar-refractivity contribution in [1.29, 1.82) is 0 Å². The second-order valence-electron chi connectivity index (χ2n) is 2.43. The van der Waals surface area contributed by atoms with Gasteiger partial charge < -0.3 is 0 Å². The van der Waals surface area contributed by atoms with E-state index >= 15 is 0 Å². The Balaban J connectivity index is 3.65. The summed E-state index contributed by atoms with van der Waals surface area (Å²) < 4.78 is 22.0. The van der Waals surface area contributed by atoms with Gasteiger partial charge in [-0.05, 0) is 6.42 Å². The average molecular weight is 175 g/mol. The van der Waals surface area contributed by atoms with Crippen LogP contribution in [0.1, 0.15) is 26.2 Å². The molecule has 1 radical (unpaired) electrons. The maximum Gasteiger partial charge on any atom is 0.157 e. The Kier molecular flexibility index (Phi) is 5.20.